The summed E-state index contributed by atoms with van der Waals surface area (Å²) in [5.74, 6) is 0. The summed E-state index contributed by atoms with van der Waals surface area (Å²) < 4.78 is 26.9. The van der Waals surface area contributed by atoms with E-state index in [1.54, 1.807) is 7.05 Å². The molecule has 106 valence electrons. The summed E-state index contributed by atoms with van der Waals surface area (Å²) in [7, 11) is -1.58. The SMILES string of the molecule is Cc1cc(S(=O)(=O)N(C)C2CC2)sc1CNC1CC1. The lowest BCUT2D eigenvalue weighted by atomic mass is 10.3. The van der Waals surface area contributed by atoms with Crippen molar-refractivity contribution < 1.29 is 8.42 Å². The van der Waals surface area contributed by atoms with Crippen molar-refractivity contribution in [2.24, 2.45) is 0 Å². The number of nitrogens with one attached hydrogen (secondary N) is 1. The summed E-state index contributed by atoms with van der Waals surface area (Å²) in [6.45, 7) is 2.79. The molecule has 1 N–H and O–H groups in total. The molecule has 1 heterocycles. The number of rotatable bonds is 6. The van der Waals surface area contributed by atoms with Crippen LogP contribution in [0.2, 0.25) is 0 Å². The van der Waals surface area contributed by atoms with Crippen molar-refractivity contribution in [2.45, 2.75) is 55.4 Å². The zero-order valence-electron chi connectivity index (χ0n) is 11.3. The lowest BCUT2D eigenvalue weighted by Gasteiger charge is -2.14. The van der Waals surface area contributed by atoms with Gasteiger partial charge in [0.2, 0.25) is 0 Å². The average Bonchev–Trinajstić information content (AvgIpc) is 3.24. The highest BCUT2D eigenvalue weighted by Gasteiger charge is 2.36. The van der Waals surface area contributed by atoms with Crippen LogP contribution >= 0.6 is 11.3 Å². The van der Waals surface area contributed by atoms with Gasteiger partial charge in [0.15, 0.2) is 0 Å². The third-order valence-corrected chi connectivity index (χ3v) is 7.42. The first-order valence-corrected chi connectivity index (χ1v) is 9.05. The number of thiophene rings is 1. The maximum absolute atomic E-state index is 12.4. The van der Waals surface area contributed by atoms with Gasteiger partial charge in [0.25, 0.3) is 10.0 Å². The molecule has 1 aromatic heterocycles. The van der Waals surface area contributed by atoms with Gasteiger partial charge in [-0.15, -0.1) is 11.3 Å². The van der Waals surface area contributed by atoms with Gasteiger partial charge in [-0.1, -0.05) is 0 Å². The van der Waals surface area contributed by atoms with Gasteiger partial charge in [-0.25, -0.2) is 8.42 Å². The van der Waals surface area contributed by atoms with E-state index in [2.05, 4.69) is 5.32 Å². The summed E-state index contributed by atoms with van der Waals surface area (Å²) in [5.41, 5.74) is 1.08. The minimum atomic E-state index is -3.28. The second kappa shape index (κ2) is 4.84. The van der Waals surface area contributed by atoms with E-state index in [0.717, 1.165) is 29.8 Å². The fourth-order valence-corrected chi connectivity index (χ4v) is 5.23. The van der Waals surface area contributed by atoms with E-state index < -0.39 is 10.0 Å². The number of hydrogen-bond acceptors (Lipinski definition) is 4. The largest absolute Gasteiger partial charge is 0.309 e. The standard InChI is InChI=1S/C13H20N2O2S2/c1-9-7-13(18-12(9)8-14-10-3-4-10)19(16,17)15(2)11-5-6-11/h7,10-11,14H,3-6,8H2,1-2H3. The van der Waals surface area contributed by atoms with E-state index in [-0.39, 0.29) is 6.04 Å². The monoisotopic (exact) mass is 300 g/mol. The van der Waals surface area contributed by atoms with E-state index in [4.69, 9.17) is 0 Å². The molecule has 1 aromatic rings. The second-order valence-electron chi connectivity index (χ2n) is 5.58. The Bertz CT molecular complexity index is 571. The van der Waals surface area contributed by atoms with Crippen molar-refractivity contribution in [2.75, 3.05) is 7.05 Å². The first-order chi connectivity index (χ1) is 8.98. The average molecular weight is 300 g/mol. The van der Waals surface area contributed by atoms with Crippen LogP contribution in [0.1, 0.15) is 36.1 Å². The minimum absolute atomic E-state index is 0.223. The molecule has 0 bridgehead atoms. The van der Waals surface area contributed by atoms with Crippen LogP contribution in [0.3, 0.4) is 0 Å². The maximum Gasteiger partial charge on any atom is 0.252 e. The lowest BCUT2D eigenvalue weighted by Crippen LogP contribution is -2.28. The molecule has 2 aliphatic rings. The molecule has 0 radical (unpaired) electrons. The predicted molar refractivity (Wildman–Crippen MR) is 76.9 cm³/mol. The zero-order valence-corrected chi connectivity index (χ0v) is 13.0. The quantitative estimate of drug-likeness (QED) is 0.875. The predicted octanol–water partition coefficient (Wildman–Crippen LogP) is 2.09. The summed E-state index contributed by atoms with van der Waals surface area (Å²) in [4.78, 5) is 1.15. The molecular formula is C13H20N2O2S2. The molecular weight excluding hydrogens is 280 g/mol. The first-order valence-electron chi connectivity index (χ1n) is 6.79. The Morgan fingerprint density at radius 2 is 2.05 bits per heavy atom. The van der Waals surface area contributed by atoms with Crippen LogP contribution in [0.4, 0.5) is 0 Å². The van der Waals surface area contributed by atoms with Crippen LogP contribution in [-0.4, -0.2) is 31.9 Å². The van der Waals surface area contributed by atoms with Crippen LogP contribution in [0.25, 0.3) is 0 Å². The van der Waals surface area contributed by atoms with E-state index in [1.165, 1.54) is 28.5 Å². The Balaban J connectivity index is 1.77. The highest BCUT2D eigenvalue weighted by Crippen LogP contribution is 2.34. The van der Waals surface area contributed by atoms with E-state index >= 15 is 0 Å². The Morgan fingerprint density at radius 1 is 1.37 bits per heavy atom. The molecule has 0 aliphatic heterocycles. The third-order valence-electron chi connectivity index (χ3n) is 3.82. The third kappa shape index (κ3) is 2.86. The second-order valence-corrected chi connectivity index (χ2v) is 8.94. The zero-order chi connectivity index (χ0) is 13.6. The Labute approximate surface area is 118 Å². The van der Waals surface area contributed by atoms with Gasteiger partial charge in [-0.3, -0.25) is 0 Å². The van der Waals surface area contributed by atoms with Gasteiger partial charge in [-0.05, 0) is 44.2 Å². The molecule has 2 saturated carbocycles. The highest BCUT2D eigenvalue weighted by molar-refractivity contribution is 7.91. The van der Waals surface area contributed by atoms with Gasteiger partial charge in [0.05, 0.1) is 0 Å². The molecule has 0 saturated heterocycles. The lowest BCUT2D eigenvalue weighted by molar-refractivity contribution is 0.466. The van der Waals surface area contributed by atoms with Crippen LogP contribution in [0.15, 0.2) is 10.3 Å². The molecule has 0 spiro atoms. The van der Waals surface area contributed by atoms with Crippen LogP contribution < -0.4 is 5.32 Å². The Kier molecular flexibility index (Phi) is 3.45. The Hall–Kier alpha value is -0.430. The fourth-order valence-electron chi connectivity index (χ4n) is 2.09. The van der Waals surface area contributed by atoms with E-state index in [9.17, 15) is 8.42 Å². The summed E-state index contributed by atoms with van der Waals surface area (Å²) in [5, 5.41) is 3.44. The highest BCUT2D eigenvalue weighted by atomic mass is 32.2. The van der Waals surface area contributed by atoms with E-state index in [0.29, 0.717) is 10.3 Å². The molecule has 0 atom stereocenters. The molecule has 0 amide bonds. The number of aryl methyl sites for hydroxylation is 1. The smallest absolute Gasteiger partial charge is 0.252 e. The molecule has 0 unspecified atom stereocenters. The summed E-state index contributed by atoms with van der Waals surface area (Å²) >= 11 is 1.42. The molecule has 0 aromatic carbocycles. The molecule has 6 heteroatoms. The van der Waals surface area contributed by atoms with Crippen molar-refractivity contribution >= 4 is 21.4 Å². The van der Waals surface area contributed by atoms with Crippen molar-refractivity contribution in [3.05, 3.63) is 16.5 Å². The first kappa shape index (κ1) is 13.5. The van der Waals surface area contributed by atoms with Gasteiger partial charge < -0.3 is 5.32 Å². The molecule has 2 aliphatic carbocycles. The Morgan fingerprint density at radius 3 is 2.63 bits per heavy atom. The molecule has 2 fully saturated rings. The van der Waals surface area contributed by atoms with Gasteiger partial charge in [0, 0.05) is 30.6 Å². The fraction of sp³-hybridized carbons (Fsp3) is 0.692. The maximum atomic E-state index is 12.4. The molecule has 4 nitrogen and oxygen atoms in total. The minimum Gasteiger partial charge on any atom is -0.309 e. The van der Waals surface area contributed by atoms with Crippen molar-refractivity contribution in [3.8, 4) is 0 Å². The van der Waals surface area contributed by atoms with Crippen LogP contribution in [-0.2, 0) is 16.6 Å². The van der Waals surface area contributed by atoms with Crippen LogP contribution in [0, 0.1) is 6.92 Å². The number of hydrogen-bond donors (Lipinski definition) is 1. The number of nitrogens with zero attached hydrogens (tertiary/aromatic N) is 1. The molecule has 3 rings (SSSR count). The summed E-state index contributed by atoms with van der Waals surface area (Å²) in [6, 6.07) is 2.69. The van der Waals surface area contributed by atoms with E-state index in [1.807, 2.05) is 13.0 Å². The van der Waals surface area contributed by atoms with Gasteiger partial charge >= 0.3 is 0 Å². The summed E-state index contributed by atoms with van der Waals surface area (Å²) in [6.07, 6.45) is 4.49. The topological polar surface area (TPSA) is 49.4 Å². The van der Waals surface area contributed by atoms with Gasteiger partial charge in [0.1, 0.15) is 4.21 Å². The van der Waals surface area contributed by atoms with Crippen molar-refractivity contribution in [1.82, 2.24) is 9.62 Å². The van der Waals surface area contributed by atoms with Crippen LogP contribution in [0.5, 0.6) is 0 Å². The van der Waals surface area contributed by atoms with Gasteiger partial charge in [-0.2, -0.15) is 4.31 Å². The normalized spacial score (nSPS) is 20.2. The van der Waals surface area contributed by atoms with Crippen molar-refractivity contribution in [3.63, 3.8) is 0 Å². The molecule has 19 heavy (non-hydrogen) atoms. The van der Waals surface area contributed by atoms with Crippen molar-refractivity contribution in [1.29, 1.82) is 0 Å². The number of sulfonamides is 1.